The van der Waals surface area contributed by atoms with E-state index in [0.29, 0.717) is 26.2 Å². The third-order valence-corrected chi connectivity index (χ3v) is 4.50. The highest BCUT2D eigenvalue weighted by atomic mass is 16.5. The van der Waals surface area contributed by atoms with E-state index in [1.807, 2.05) is 53.4 Å². The average molecular weight is 338 g/mol. The van der Waals surface area contributed by atoms with Gasteiger partial charge >= 0.3 is 0 Å². The Hall–Kier alpha value is -2.33. The van der Waals surface area contributed by atoms with Crippen molar-refractivity contribution in [2.45, 2.75) is 19.4 Å². The number of carbonyl (C=O) groups is 1. The van der Waals surface area contributed by atoms with Crippen LogP contribution in [-0.4, -0.2) is 48.5 Å². The van der Waals surface area contributed by atoms with Crippen LogP contribution in [0, 0.1) is 0 Å². The Labute approximate surface area is 150 Å². The highest BCUT2D eigenvalue weighted by Gasteiger charge is 2.20. The minimum Gasteiger partial charge on any atom is -0.492 e. The first-order valence-electron chi connectivity index (χ1n) is 9.03. The molecule has 0 unspecified atom stereocenters. The summed E-state index contributed by atoms with van der Waals surface area (Å²) in [6.45, 7) is 4.31. The predicted molar refractivity (Wildman–Crippen MR) is 99.5 cm³/mol. The molecular weight excluding hydrogens is 312 g/mol. The van der Waals surface area contributed by atoms with Gasteiger partial charge in [-0.3, -0.25) is 9.69 Å². The predicted octanol–water partition coefficient (Wildman–Crippen LogP) is 3.19. The number of para-hydroxylation sites is 1. The zero-order valence-electron chi connectivity index (χ0n) is 14.6. The molecule has 1 fully saturated rings. The molecule has 1 heterocycles. The van der Waals surface area contributed by atoms with Crippen LogP contribution >= 0.6 is 0 Å². The minimum atomic E-state index is 0.183. The molecule has 0 N–H and O–H groups in total. The first-order chi connectivity index (χ1) is 12.3. The molecule has 2 aromatic carbocycles. The maximum atomic E-state index is 12.8. The van der Waals surface area contributed by atoms with E-state index in [-0.39, 0.29) is 5.91 Å². The monoisotopic (exact) mass is 338 g/mol. The third-order valence-electron chi connectivity index (χ3n) is 4.50. The van der Waals surface area contributed by atoms with Crippen molar-refractivity contribution in [3.8, 4) is 5.75 Å². The van der Waals surface area contributed by atoms with Crippen molar-refractivity contribution in [2.75, 3.05) is 32.8 Å². The van der Waals surface area contributed by atoms with Crippen molar-refractivity contribution in [2.24, 2.45) is 0 Å². The summed E-state index contributed by atoms with van der Waals surface area (Å²) in [5.74, 6) is 1.02. The van der Waals surface area contributed by atoms with E-state index in [1.54, 1.807) is 0 Å². The van der Waals surface area contributed by atoms with Gasteiger partial charge in [-0.1, -0.05) is 48.5 Å². The van der Waals surface area contributed by atoms with Crippen LogP contribution in [0.5, 0.6) is 5.75 Å². The molecule has 25 heavy (non-hydrogen) atoms. The lowest BCUT2D eigenvalue weighted by atomic mass is 10.2. The molecule has 4 heteroatoms. The number of amides is 1. The minimum absolute atomic E-state index is 0.183. The van der Waals surface area contributed by atoms with Crippen LogP contribution in [0.3, 0.4) is 0 Å². The zero-order chi connectivity index (χ0) is 17.3. The van der Waals surface area contributed by atoms with Crippen LogP contribution in [0.15, 0.2) is 60.7 Å². The van der Waals surface area contributed by atoms with Crippen molar-refractivity contribution >= 4 is 5.91 Å². The third kappa shape index (κ3) is 5.61. The standard InChI is InChI=1S/C21H26N2O2/c24-21(18-22-13-7-8-14-22)23(17-19-9-3-1-4-10-19)15-16-25-20-11-5-2-6-12-20/h1-6,9-12H,7-8,13-18H2. The molecule has 132 valence electrons. The quantitative estimate of drug-likeness (QED) is 0.741. The van der Waals surface area contributed by atoms with E-state index in [1.165, 1.54) is 12.8 Å². The van der Waals surface area contributed by atoms with Crippen LogP contribution < -0.4 is 4.74 Å². The van der Waals surface area contributed by atoms with Gasteiger partial charge in [0.05, 0.1) is 13.1 Å². The summed E-state index contributed by atoms with van der Waals surface area (Å²) < 4.78 is 5.79. The Morgan fingerprint density at radius 2 is 1.60 bits per heavy atom. The molecule has 4 nitrogen and oxygen atoms in total. The van der Waals surface area contributed by atoms with Gasteiger partial charge in [-0.15, -0.1) is 0 Å². The molecule has 2 aromatic rings. The Balaban J connectivity index is 1.57. The Bertz CT molecular complexity index is 639. The fourth-order valence-corrected chi connectivity index (χ4v) is 3.12. The van der Waals surface area contributed by atoms with Gasteiger partial charge < -0.3 is 9.64 Å². The van der Waals surface area contributed by atoms with Crippen molar-refractivity contribution < 1.29 is 9.53 Å². The smallest absolute Gasteiger partial charge is 0.237 e. The molecule has 0 bridgehead atoms. The summed E-state index contributed by atoms with van der Waals surface area (Å²) in [4.78, 5) is 16.9. The van der Waals surface area contributed by atoms with Crippen molar-refractivity contribution in [3.63, 3.8) is 0 Å². The molecule has 0 aliphatic carbocycles. The van der Waals surface area contributed by atoms with Crippen molar-refractivity contribution in [1.82, 2.24) is 9.80 Å². The number of carbonyl (C=O) groups excluding carboxylic acids is 1. The number of likely N-dealkylation sites (tertiary alicyclic amines) is 1. The second kappa shape index (κ2) is 9.23. The van der Waals surface area contributed by atoms with Crippen LogP contribution in [0.2, 0.25) is 0 Å². The highest BCUT2D eigenvalue weighted by molar-refractivity contribution is 5.78. The molecule has 1 aliphatic rings. The number of hydrogen-bond acceptors (Lipinski definition) is 3. The molecule has 1 aliphatic heterocycles. The molecule has 0 saturated carbocycles. The Morgan fingerprint density at radius 3 is 2.28 bits per heavy atom. The molecule has 1 amide bonds. The van der Waals surface area contributed by atoms with E-state index >= 15 is 0 Å². The van der Waals surface area contributed by atoms with E-state index in [2.05, 4.69) is 17.0 Å². The Kier molecular flexibility index (Phi) is 6.46. The van der Waals surface area contributed by atoms with E-state index in [9.17, 15) is 4.79 Å². The summed E-state index contributed by atoms with van der Waals surface area (Å²) in [7, 11) is 0. The number of nitrogens with zero attached hydrogens (tertiary/aromatic N) is 2. The second-order valence-corrected chi connectivity index (χ2v) is 6.45. The number of ether oxygens (including phenoxy) is 1. The van der Waals surface area contributed by atoms with E-state index in [0.717, 1.165) is 24.4 Å². The molecule has 0 radical (unpaired) electrons. The maximum absolute atomic E-state index is 12.8. The van der Waals surface area contributed by atoms with Gasteiger partial charge in [0.2, 0.25) is 5.91 Å². The summed E-state index contributed by atoms with van der Waals surface area (Å²) in [6.07, 6.45) is 2.40. The summed E-state index contributed by atoms with van der Waals surface area (Å²) >= 11 is 0. The van der Waals surface area contributed by atoms with Crippen LogP contribution in [0.25, 0.3) is 0 Å². The van der Waals surface area contributed by atoms with Gasteiger partial charge in [-0.25, -0.2) is 0 Å². The van der Waals surface area contributed by atoms with Gasteiger partial charge in [-0.2, -0.15) is 0 Å². The van der Waals surface area contributed by atoms with Gasteiger partial charge in [0, 0.05) is 6.54 Å². The topological polar surface area (TPSA) is 32.8 Å². The normalized spacial score (nSPS) is 14.4. The number of rotatable bonds is 8. The molecule has 1 saturated heterocycles. The average Bonchev–Trinajstić information content (AvgIpc) is 3.15. The lowest BCUT2D eigenvalue weighted by molar-refractivity contribution is -0.133. The van der Waals surface area contributed by atoms with E-state index in [4.69, 9.17) is 4.74 Å². The summed E-state index contributed by atoms with van der Waals surface area (Å²) in [5.41, 5.74) is 1.15. The molecule has 0 spiro atoms. The first-order valence-corrected chi connectivity index (χ1v) is 9.03. The van der Waals surface area contributed by atoms with Gasteiger partial charge in [0.25, 0.3) is 0 Å². The number of benzene rings is 2. The highest BCUT2D eigenvalue weighted by Crippen LogP contribution is 2.11. The van der Waals surface area contributed by atoms with Gasteiger partial charge in [0.1, 0.15) is 12.4 Å². The summed E-state index contributed by atoms with van der Waals surface area (Å²) in [6, 6.07) is 19.9. The largest absolute Gasteiger partial charge is 0.492 e. The van der Waals surface area contributed by atoms with Gasteiger partial charge in [0.15, 0.2) is 0 Å². The van der Waals surface area contributed by atoms with Gasteiger partial charge in [-0.05, 0) is 43.6 Å². The number of hydrogen-bond donors (Lipinski definition) is 0. The Morgan fingerprint density at radius 1 is 0.960 bits per heavy atom. The lowest BCUT2D eigenvalue weighted by Gasteiger charge is -2.25. The fourth-order valence-electron chi connectivity index (χ4n) is 3.12. The van der Waals surface area contributed by atoms with Crippen LogP contribution in [0.4, 0.5) is 0 Å². The lowest BCUT2D eigenvalue weighted by Crippen LogP contribution is -2.41. The first kappa shape index (κ1) is 17.5. The van der Waals surface area contributed by atoms with Crippen LogP contribution in [0.1, 0.15) is 18.4 Å². The molecular formula is C21H26N2O2. The van der Waals surface area contributed by atoms with Crippen LogP contribution in [-0.2, 0) is 11.3 Å². The summed E-state index contributed by atoms with van der Waals surface area (Å²) in [5, 5.41) is 0. The van der Waals surface area contributed by atoms with Crippen molar-refractivity contribution in [1.29, 1.82) is 0 Å². The molecule has 0 atom stereocenters. The van der Waals surface area contributed by atoms with E-state index < -0.39 is 0 Å². The maximum Gasteiger partial charge on any atom is 0.237 e. The zero-order valence-corrected chi connectivity index (χ0v) is 14.6. The van der Waals surface area contributed by atoms with Crippen molar-refractivity contribution in [3.05, 3.63) is 66.2 Å². The fraction of sp³-hybridized carbons (Fsp3) is 0.381. The SMILES string of the molecule is O=C(CN1CCCC1)N(CCOc1ccccc1)Cc1ccccc1. The molecule has 0 aromatic heterocycles. The second-order valence-electron chi connectivity index (χ2n) is 6.45. The molecule has 3 rings (SSSR count).